The van der Waals surface area contributed by atoms with E-state index in [1.165, 1.54) is 20.1 Å². The van der Waals surface area contributed by atoms with Gasteiger partial charge in [-0.05, 0) is 13.0 Å². The molecular weight excluding hydrogens is 239 g/mol. The molecule has 0 radical (unpaired) electrons. The van der Waals surface area contributed by atoms with E-state index in [4.69, 9.17) is 21.4 Å². The first-order chi connectivity index (χ1) is 7.40. The third-order valence-corrected chi connectivity index (χ3v) is 2.51. The summed E-state index contributed by atoms with van der Waals surface area (Å²) in [5, 5.41) is 17.8. The molecule has 1 aromatic carbocycles. The van der Waals surface area contributed by atoms with Crippen molar-refractivity contribution in [3.05, 3.63) is 22.5 Å². The van der Waals surface area contributed by atoms with E-state index < -0.39 is 23.5 Å². The smallest absolute Gasteiger partial charge is 0.310 e. The number of phenols is 1. The molecule has 6 heteroatoms. The van der Waals surface area contributed by atoms with Crippen molar-refractivity contribution >= 4 is 17.6 Å². The molecule has 88 valence electrons. The van der Waals surface area contributed by atoms with Gasteiger partial charge in [-0.2, -0.15) is 4.39 Å². The number of methoxy groups -OCH3 is 1. The molecule has 0 saturated carbocycles. The standard InChI is InChI=1S/C10H10ClFO4/c1-4(10(14)15)5-3-6(11)8(13)7(12)9(5)16-2/h3-4,13H,1-2H3,(H,14,15). The minimum absolute atomic E-state index is 0.0790. The van der Waals surface area contributed by atoms with Gasteiger partial charge in [-0.3, -0.25) is 4.79 Å². The van der Waals surface area contributed by atoms with Crippen LogP contribution in [0.2, 0.25) is 5.02 Å². The molecule has 1 rings (SSSR count). The lowest BCUT2D eigenvalue weighted by molar-refractivity contribution is -0.138. The van der Waals surface area contributed by atoms with E-state index in [9.17, 15) is 14.3 Å². The molecular formula is C10H10ClFO4. The molecule has 0 saturated heterocycles. The monoisotopic (exact) mass is 248 g/mol. The highest BCUT2D eigenvalue weighted by Gasteiger charge is 2.24. The maximum absolute atomic E-state index is 13.5. The van der Waals surface area contributed by atoms with Crippen LogP contribution in [0.25, 0.3) is 0 Å². The number of ether oxygens (including phenoxy) is 1. The van der Waals surface area contributed by atoms with Gasteiger partial charge in [-0.25, -0.2) is 0 Å². The number of aliphatic carboxylic acids is 1. The molecule has 0 aromatic heterocycles. The quantitative estimate of drug-likeness (QED) is 0.862. The van der Waals surface area contributed by atoms with E-state index >= 15 is 0 Å². The largest absolute Gasteiger partial charge is 0.504 e. The van der Waals surface area contributed by atoms with Gasteiger partial charge in [0.2, 0.25) is 5.82 Å². The molecule has 0 aliphatic carbocycles. The summed E-state index contributed by atoms with van der Waals surface area (Å²) in [7, 11) is 1.18. The average molecular weight is 249 g/mol. The first-order valence-corrected chi connectivity index (χ1v) is 4.75. The molecule has 1 aromatic rings. The summed E-state index contributed by atoms with van der Waals surface area (Å²) in [6.45, 7) is 1.37. The summed E-state index contributed by atoms with van der Waals surface area (Å²) in [6, 6.07) is 1.18. The van der Waals surface area contributed by atoms with Crippen LogP contribution in [0.4, 0.5) is 4.39 Å². The topological polar surface area (TPSA) is 66.8 Å². The predicted molar refractivity (Wildman–Crippen MR) is 55.7 cm³/mol. The lowest BCUT2D eigenvalue weighted by atomic mass is 10.00. The lowest BCUT2D eigenvalue weighted by Crippen LogP contribution is -2.10. The van der Waals surface area contributed by atoms with Crippen LogP contribution in [0.15, 0.2) is 6.07 Å². The Kier molecular flexibility index (Phi) is 3.59. The second-order valence-corrected chi connectivity index (χ2v) is 3.61. The summed E-state index contributed by atoms with van der Waals surface area (Å²) in [5.74, 6) is -4.24. The second kappa shape index (κ2) is 4.57. The number of halogens is 2. The van der Waals surface area contributed by atoms with Crippen LogP contribution < -0.4 is 4.74 Å². The average Bonchev–Trinajstić information content (AvgIpc) is 2.24. The fourth-order valence-electron chi connectivity index (χ4n) is 1.27. The van der Waals surface area contributed by atoms with Gasteiger partial charge in [0, 0.05) is 5.56 Å². The number of carbonyl (C=O) groups is 1. The van der Waals surface area contributed by atoms with E-state index in [2.05, 4.69) is 0 Å². The molecule has 0 aliphatic rings. The van der Waals surface area contributed by atoms with Crippen molar-refractivity contribution in [1.29, 1.82) is 0 Å². The molecule has 0 aliphatic heterocycles. The number of hydrogen-bond acceptors (Lipinski definition) is 3. The fourth-order valence-corrected chi connectivity index (χ4v) is 1.47. The van der Waals surface area contributed by atoms with Gasteiger partial charge in [-0.1, -0.05) is 11.6 Å². The number of carboxylic acid groups (broad SMARTS) is 1. The van der Waals surface area contributed by atoms with Gasteiger partial charge >= 0.3 is 5.97 Å². The molecule has 0 bridgehead atoms. The highest BCUT2D eigenvalue weighted by Crippen LogP contribution is 2.39. The maximum Gasteiger partial charge on any atom is 0.310 e. The number of aromatic hydroxyl groups is 1. The summed E-state index contributed by atoms with van der Waals surface area (Å²) in [5.41, 5.74) is 0.0790. The van der Waals surface area contributed by atoms with Gasteiger partial charge in [0.15, 0.2) is 11.5 Å². The summed E-state index contributed by atoms with van der Waals surface area (Å²) >= 11 is 5.56. The van der Waals surface area contributed by atoms with Gasteiger partial charge < -0.3 is 14.9 Å². The van der Waals surface area contributed by atoms with Crippen LogP contribution in [0.1, 0.15) is 18.4 Å². The van der Waals surface area contributed by atoms with E-state index in [0.717, 1.165) is 0 Å². The third kappa shape index (κ3) is 2.04. The Morgan fingerprint density at radius 3 is 2.62 bits per heavy atom. The predicted octanol–water partition coefficient (Wildman–Crippen LogP) is 2.38. The van der Waals surface area contributed by atoms with E-state index in [1.54, 1.807) is 0 Å². The Morgan fingerprint density at radius 1 is 1.62 bits per heavy atom. The zero-order valence-electron chi connectivity index (χ0n) is 8.62. The molecule has 2 N–H and O–H groups in total. The zero-order chi connectivity index (χ0) is 12.5. The highest BCUT2D eigenvalue weighted by atomic mass is 35.5. The number of carboxylic acids is 1. The van der Waals surface area contributed by atoms with Crippen molar-refractivity contribution in [2.24, 2.45) is 0 Å². The van der Waals surface area contributed by atoms with Crippen LogP contribution in [0.5, 0.6) is 11.5 Å². The second-order valence-electron chi connectivity index (χ2n) is 3.20. The summed E-state index contributed by atoms with van der Waals surface area (Å²) in [6.07, 6.45) is 0. The lowest BCUT2D eigenvalue weighted by Gasteiger charge is -2.14. The summed E-state index contributed by atoms with van der Waals surface area (Å²) in [4.78, 5) is 10.8. The van der Waals surface area contributed by atoms with Crippen molar-refractivity contribution in [2.75, 3.05) is 7.11 Å². The zero-order valence-corrected chi connectivity index (χ0v) is 9.38. The fraction of sp³-hybridized carbons (Fsp3) is 0.300. The molecule has 0 heterocycles. The Morgan fingerprint density at radius 2 is 2.19 bits per heavy atom. The number of phenolic OH excluding ortho intramolecular Hbond substituents is 1. The van der Waals surface area contributed by atoms with Crippen molar-refractivity contribution < 1.29 is 24.1 Å². The number of rotatable bonds is 3. The normalized spacial score (nSPS) is 12.2. The molecule has 1 atom stereocenters. The van der Waals surface area contributed by atoms with Gasteiger partial charge in [0.25, 0.3) is 0 Å². The van der Waals surface area contributed by atoms with Crippen molar-refractivity contribution in [2.45, 2.75) is 12.8 Å². The van der Waals surface area contributed by atoms with Gasteiger partial charge in [0.05, 0.1) is 18.1 Å². The minimum Gasteiger partial charge on any atom is -0.504 e. The number of hydrogen-bond donors (Lipinski definition) is 2. The summed E-state index contributed by atoms with van der Waals surface area (Å²) < 4.78 is 18.2. The molecule has 1 unspecified atom stereocenters. The Balaban J connectivity index is 3.44. The molecule has 0 amide bonds. The van der Waals surface area contributed by atoms with Crippen molar-refractivity contribution in [3.8, 4) is 11.5 Å². The van der Waals surface area contributed by atoms with E-state index in [-0.39, 0.29) is 16.3 Å². The van der Waals surface area contributed by atoms with Gasteiger partial charge in [-0.15, -0.1) is 0 Å². The maximum atomic E-state index is 13.5. The van der Waals surface area contributed by atoms with Crippen LogP contribution >= 0.6 is 11.6 Å². The van der Waals surface area contributed by atoms with E-state index in [1.807, 2.05) is 0 Å². The van der Waals surface area contributed by atoms with Crippen molar-refractivity contribution in [1.82, 2.24) is 0 Å². The van der Waals surface area contributed by atoms with Crippen LogP contribution in [0, 0.1) is 5.82 Å². The molecule has 16 heavy (non-hydrogen) atoms. The van der Waals surface area contributed by atoms with E-state index in [0.29, 0.717) is 0 Å². The first kappa shape index (κ1) is 12.6. The Hall–Kier alpha value is -1.49. The number of benzene rings is 1. The van der Waals surface area contributed by atoms with Crippen LogP contribution in [-0.4, -0.2) is 23.3 Å². The first-order valence-electron chi connectivity index (χ1n) is 4.37. The van der Waals surface area contributed by atoms with Crippen molar-refractivity contribution in [3.63, 3.8) is 0 Å². The van der Waals surface area contributed by atoms with Crippen LogP contribution in [0.3, 0.4) is 0 Å². The molecule has 0 fully saturated rings. The Bertz CT molecular complexity index is 433. The van der Waals surface area contributed by atoms with Crippen LogP contribution in [-0.2, 0) is 4.79 Å². The SMILES string of the molecule is COc1c(C(C)C(=O)O)cc(Cl)c(O)c1F. The highest BCUT2D eigenvalue weighted by molar-refractivity contribution is 6.32. The molecule has 4 nitrogen and oxygen atoms in total. The Labute approximate surface area is 96.2 Å². The third-order valence-electron chi connectivity index (χ3n) is 2.22. The molecule has 0 spiro atoms. The van der Waals surface area contributed by atoms with Gasteiger partial charge in [0.1, 0.15) is 0 Å². The minimum atomic E-state index is -1.14.